The van der Waals surface area contributed by atoms with Crippen molar-refractivity contribution in [2.75, 3.05) is 0 Å². The fourth-order valence-electron chi connectivity index (χ4n) is 1.57. The molecule has 96 valence electrons. The van der Waals surface area contributed by atoms with Gasteiger partial charge in [0.05, 0.1) is 29.6 Å². The van der Waals surface area contributed by atoms with Crippen LogP contribution in [0.25, 0.3) is 5.69 Å². The zero-order chi connectivity index (χ0) is 13.0. The minimum atomic E-state index is 0.198. The quantitative estimate of drug-likeness (QED) is 0.780. The number of benzene rings is 1. The van der Waals surface area contributed by atoms with Crippen molar-refractivity contribution in [3.8, 4) is 11.4 Å². The van der Waals surface area contributed by atoms with Crippen molar-refractivity contribution in [3.05, 3.63) is 36.2 Å². The summed E-state index contributed by atoms with van der Waals surface area (Å²) in [6.45, 7) is 4.14. The Labute approximate surface area is 112 Å². The summed E-state index contributed by atoms with van der Waals surface area (Å²) in [7, 11) is 0. The highest BCUT2D eigenvalue weighted by Gasteiger charge is 2.07. The zero-order valence-corrected chi connectivity index (χ0v) is 11.3. The van der Waals surface area contributed by atoms with Crippen LogP contribution in [0, 0.1) is 0 Å². The van der Waals surface area contributed by atoms with Crippen LogP contribution in [0.3, 0.4) is 0 Å². The van der Waals surface area contributed by atoms with E-state index in [1.165, 1.54) is 0 Å². The van der Waals surface area contributed by atoms with E-state index in [2.05, 4.69) is 17.2 Å². The Balaban J connectivity index is 2.27. The third kappa shape index (κ3) is 2.82. The van der Waals surface area contributed by atoms with E-state index >= 15 is 0 Å². The summed E-state index contributed by atoms with van der Waals surface area (Å²) in [5.41, 5.74) is 1.77. The van der Waals surface area contributed by atoms with Crippen LogP contribution in [-0.2, 0) is 5.88 Å². The maximum Gasteiger partial charge on any atom is 0.121 e. The van der Waals surface area contributed by atoms with Crippen molar-refractivity contribution < 1.29 is 4.74 Å². The first kappa shape index (κ1) is 12.9. The second kappa shape index (κ2) is 5.87. The number of alkyl halides is 1. The lowest BCUT2D eigenvalue weighted by molar-refractivity contribution is 0.217. The normalized spacial score (nSPS) is 12.4. The number of nitrogens with zero attached hydrogens (tertiary/aromatic N) is 3. The molecule has 1 aromatic carbocycles. The van der Waals surface area contributed by atoms with Gasteiger partial charge in [0.2, 0.25) is 0 Å². The molecular formula is C13H16ClN3O. The molecule has 18 heavy (non-hydrogen) atoms. The van der Waals surface area contributed by atoms with Crippen LogP contribution in [0.15, 0.2) is 30.5 Å². The molecule has 5 heteroatoms. The smallest absolute Gasteiger partial charge is 0.121 e. The molecule has 1 unspecified atom stereocenters. The first-order valence-corrected chi connectivity index (χ1v) is 6.50. The molecule has 1 atom stereocenters. The van der Waals surface area contributed by atoms with Gasteiger partial charge in [0.25, 0.3) is 0 Å². The van der Waals surface area contributed by atoms with Gasteiger partial charge in [-0.25, -0.2) is 4.68 Å². The predicted molar refractivity (Wildman–Crippen MR) is 71.3 cm³/mol. The molecule has 2 rings (SSSR count). The molecule has 0 saturated heterocycles. The fraction of sp³-hybridized carbons (Fsp3) is 0.385. The number of hydrogen-bond acceptors (Lipinski definition) is 3. The summed E-state index contributed by atoms with van der Waals surface area (Å²) in [5, 5.41) is 7.89. The van der Waals surface area contributed by atoms with Crippen molar-refractivity contribution in [2.24, 2.45) is 0 Å². The van der Waals surface area contributed by atoms with E-state index in [0.717, 1.165) is 23.6 Å². The van der Waals surface area contributed by atoms with Gasteiger partial charge < -0.3 is 4.74 Å². The predicted octanol–water partition coefficient (Wildman–Crippen LogP) is 3.18. The Morgan fingerprint density at radius 3 is 3.00 bits per heavy atom. The summed E-state index contributed by atoms with van der Waals surface area (Å²) in [6, 6.07) is 7.77. The molecule has 0 fully saturated rings. The molecule has 2 aromatic rings. The number of hydrogen-bond donors (Lipinski definition) is 0. The minimum absolute atomic E-state index is 0.198. The highest BCUT2D eigenvalue weighted by atomic mass is 35.5. The second-order valence-corrected chi connectivity index (χ2v) is 4.37. The van der Waals surface area contributed by atoms with Gasteiger partial charge in [-0.2, -0.15) is 0 Å². The lowest BCUT2D eigenvalue weighted by atomic mass is 10.2. The van der Waals surface area contributed by atoms with Crippen LogP contribution in [0.1, 0.15) is 26.0 Å². The average Bonchev–Trinajstić information content (AvgIpc) is 2.87. The standard InChI is InChI=1S/C13H16ClN3O/c1-3-10(2)18-13-6-4-5-11(7-13)17-12(8-14)9-15-16-17/h4-7,9-10H,3,8H2,1-2H3. The lowest BCUT2D eigenvalue weighted by Crippen LogP contribution is -2.10. The van der Waals surface area contributed by atoms with E-state index in [4.69, 9.17) is 16.3 Å². The highest BCUT2D eigenvalue weighted by Crippen LogP contribution is 2.19. The molecule has 1 heterocycles. The van der Waals surface area contributed by atoms with Gasteiger partial charge in [0.15, 0.2) is 0 Å². The van der Waals surface area contributed by atoms with Crippen LogP contribution in [0.4, 0.5) is 0 Å². The molecule has 0 bridgehead atoms. The van der Waals surface area contributed by atoms with Gasteiger partial charge >= 0.3 is 0 Å². The van der Waals surface area contributed by atoms with Crippen LogP contribution in [0.2, 0.25) is 0 Å². The average molecular weight is 266 g/mol. The van der Waals surface area contributed by atoms with Crippen LogP contribution < -0.4 is 4.74 Å². The monoisotopic (exact) mass is 265 g/mol. The van der Waals surface area contributed by atoms with Crippen molar-refractivity contribution >= 4 is 11.6 Å². The Hall–Kier alpha value is -1.55. The Morgan fingerprint density at radius 2 is 2.28 bits per heavy atom. The molecule has 0 aliphatic rings. The number of rotatable bonds is 5. The van der Waals surface area contributed by atoms with E-state index in [0.29, 0.717) is 5.88 Å². The Morgan fingerprint density at radius 1 is 1.44 bits per heavy atom. The highest BCUT2D eigenvalue weighted by molar-refractivity contribution is 6.16. The summed E-state index contributed by atoms with van der Waals surface area (Å²) in [4.78, 5) is 0. The summed E-state index contributed by atoms with van der Waals surface area (Å²) < 4.78 is 7.50. The molecule has 0 spiro atoms. The molecule has 0 aliphatic heterocycles. The number of ether oxygens (including phenoxy) is 1. The third-order valence-electron chi connectivity index (χ3n) is 2.73. The summed E-state index contributed by atoms with van der Waals surface area (Å²) in [6.07, 6.45) is 2.83. The molecule has 0 N–H and O–H groups in total. The zero-order valence-electron chi connectivity index (χ0n) is 10.5. The lowest BCUT2D eigenvalue weighted by Gasteiger charge is -2.13. The van der Waals surface area contributed by atoms with Crippen LogP contribution in [0.5, 0.6) is 5.75 Å². The third-order valence-corrected chi connectivity index (χ3v) is 3.01. The van der Waals surface area contributed by atoms with Gasteiger partial charge in [-0.1, -0.05) is 18.2 Å². The van der Waals surface area contributed by atoms with Crippen molar-refractivity contribution in [1.29, 1.82) is 0 Å². The SMILES string of the molecule is CCC(C)Oc1cccc(-n2nncc2CCl)c1. The molecule has 1 aromatic heterocycles. The maximum atomic E-state index is 5.84. The molecule has 0 saturated carbocycles. The molecule has 0 aliphatic carbocycles. The van der Waals surface area contributed by atoms with Gasteiger partial charge in [-0.05, 0) is 25.5 Å². The van der Waals surface area contributed by atoms with Gasteiger partial charge in [-0.3, -0.25) is 0 Å². The summed E-state index contributed by atoms with van der Waals surface area (Å²) in [5.74, 6) is 1.21. The number of aromatic nitrogens is 3. The van der Waals surface area contributed by atoms with Crippen molar-refractivity contribution in [2.45, 2.75) is 32.3 Å². The van der Waals surface area contributed by atoms with Crippen LogP contribution >= 0.6 is 11.6 Å². The minimum Gasteiger partial charge on any atom is -0.491 e. The van der Waals surface area contributed by atoms with Crippen LogP contribution in [-0.4, -0.2) is 21.1 Å². The first-order chi connectivity index (χ1) is 8.74. The Kier molecular flexibility index (Phi) is 4.20. The molecule has 4 nitrogen and oxygen atoms in total. The van der Waals surface area contributed by atoms with Gasteiger partial charge in [-0.15, -0.1) is 16.7 Å². The van der Waals surface area contributed by atoms with Crippen molar-refractivity contribution in [3.63, 3.8) is 0 Å². The fourth-order valence-corrected chi connectivity index (χ4v) is 1.75. The maximum absolute atomic E-state index is 5.84. The summed E-state index contributed by atoms with van der Waals surface area (Å²) >= 11 is 5.84. The van der Waals surface area contributed by atoms with Gasteiger partial charge in [0, 0.05) is 6.07 Å². The molecule has 0 radical (unpaired) electrons. The Bertz CT molecular complexity index is 512. The second-order valence-electron chi connectivity index (χ2n) is 4.10. The van der Waals surface area contributed by atoms with E-state index in [1.807, 2.05) is 31.2 Å². The molecule has 0 amide bonds. The largest absolute Gasteiger partial charge is 0.491 e. The topological polar surface area (TPSA) is 39.9 Å². The van der Waals surface area contributed by atoms with Crippen molar-refractivity contribution in [1.82, 2.24) is 15.0 Å². The van der Waals surface area contributed by atoms with E-state index in [1.54, 1.807) is 10.9 Å². The number of halogens is 1. The van der Waals surface area contributed by atoms with E-state index in [-0.39, 0.29) is 6.10 Å². The first-order valence-electron chi connectivity index (χ1n) is 5.97. The van der Waals surface area contributed by atoms with E-state index in [9.17, 15) is 0 Å². The molecular weight excluding hydrogens is 250 g/mol. The van der Waals surface area contributed by atoms with Gasteiger partial charge in [0.1, 0.15) is 5.75 Å². The van der Waals surface area contributed by atoms with E-state index < -0.39 is 0 Å².